The van der Waals surface area contributed by atoms with Gasteiger partial charge in [-0.2, -0.15) is 9.41 Å². The Hall–Kier alpha value is -2.03. The number of rotatable bonds is 7. The SMILES string of the molecule is CS(=O)(=O)N(CC(=O)N/N=C\c1ccccc1Br)Cc1ccccc1. The number of benzene rings is 2. The van der Waals surface area contributed by atoms with Crippen LogP contribution >= 0.6 is 15.9 Å². The molecule has 25 heavy (non-hydrogen) atoms. The summed E-state index contributed by atoms with van der Waals surface area (Å²) in [6.45, 7) is -0.179. The van der Waals surface area contributed by atoms with Crippen LogP contribution in [0.2, 0.25) is 0 Å². The second-order valence-electron chi connectivity index (χ2n) is 5.33. The zero-order valence-electron chi connectivity index (χ0n) is 13.6. The van der Waals surface area contributed by atoms with Gasteiger partial charge in [0.05, 0.1) is 19.0 Å². The van der Waals surface area contributed by atoms with E-state index in [0.717, 1.165) is 26.2 Å². The van der Waals surface area contributed by atoms with Crippen molar-refractivity contribution >= 4 is 38.1 Å². The average Bonchev–Trinajstić information content (AvgIpc) is 2.56. The summed E-state index contributed by atoms with van der Waals surface area (Å²) in [5.74, 6) is -0.510. The molecule has 6 nitrogen and oxygen atoms in total. The second-order valence-corrected chi connectivity index (χ2v) is 8.17. The number of hydrogen-bond acceptors (Lipinski definition) is 4. The summed E-state index contributed by atoms with van der Waals surface area (Å²) in [4.78, 5) is 12.0. The van der Waals surface area contributed by atoms with Crippen molar-refractivity contribution in [2.75, 3.05) is 12.8 Å². The van der Waals surface area contributed by atoms with Crippen molar-refractivity contribution in [3.63, 3.8) is 0 Å². The summed E-state index contributed by atoms with van der Waals surface area (Å²) in [5.41, 5.74) is 3.95. The van der Waals surface area contributed by atoms with Crippen LogP contribution in [-0.2, 0) is 21.4 Å². The first-order chi connectivity index (χ1) is 11.9. The lowest BCUT2D eigenvalue weighted by Crippen LogP contribution is -2.38. The standard InChI is InChI=1S/C17H18BrN3O3S/c1-25(23,24)21(12-14-7-3-2-4-8-14)13-17(22)20-19-11-15-9-5-6-10-16(15)18/h2-11H,12-13H2,1H3,(H,20,22)/b19-11-. The third-order valence-electron chi connectivity index (χ3n) is 3.29. The van der Waals surface area contributed by atoms with E-state index in [9.17, 15) is 13.2 Å². The number of amides is 1. The van der Waals surface area contributed by atoms with Crippen molar-refractivity contribution in [3.05, 3.63) is 70.2 Å². The van der Waals surface area contributed by atoms with E-state index >= 15 is 0 Å². The van der Waals surface area contributed by atoms with Gasteiger partial charge in [-0.3, -0.25) is 4.79 Å². The Morgan fingerprint density at radius 1 is 1.16 bits per heavy atom. The molecule has 0 atom stereocenters. The number of carbonyl (C=O) groups is 1. The van der Waals surface area contributed by atoms with Crippen LogP contribution in [0, 0.1) is 0 Å². The molecule has 0 fully saturated rings. The Kier molecular flexibility index (Phi) is 6.86. The van der Waals surface area contributed by atoms with Gasteiger partial charge in [0, 0.05) is 16.6 Å². The fourth-order valence-electron chi connectivity index (χ4n) is 2.03. The highest BCUT2D eigenvalue weighted by molar-refractivity contribution is 9.10. The molecule has 0 aliphatic rings. The Balaban J connectivity index is 1.99. The van der Waals surface area contributed by atoms with Gasteiger partial charge < -0.3 is 0 Å². The van der Waals surface area contributed by atoms with Crippen LogP contribution in [-0.4, -0.2) is 37.6 Å². The molecule has 1 amide bonds. The highest BCUT2D eigenvalue weighted by atomic mass is 79.9. The molecule has 2 aromatic rings. The molecule has 0 unspecified atom stereocenters. The molecule has 0 radical (unpaired) electrons. The molecular formula is C17H18BrN3O3S. The van der Waals surface area contributed by atoms with Crippen LogP contribution in [0.3, 0.4) is 0 Å². The number of sulfonamides is 1. The summed E-state index contributed by atoms with van der Waals surface area (Å²) in [7, 11) is -3.53. The zero-order chi connectivity index (χ0) is 18.3. The van der Waals surface area contributed by atoms with Gasteiger partial charge in [0.2, 0.25) is 10.0 Å². The Morgan fingerprint density at radius 3 is 2.44 bits per heavy atom. The van der Waals surface area contributed by atoms with E-state index in [4.69, 9.17) is 0 Å². The van der Waals surface area contributed by atoms with E-state index < -0.39 is 15.9 Å². The van der Waals surface area contributed by atoms with E-state index in [1.165, 1.54) is 6.21 Å². The van der Waals surface area contributed by atoms with E-state index in [2.05, 4.69) is 26.5 Å². The maximum atomic E-state index is 12.0. The van der Waals surface area contributed by atoms with Crippen LogP contribution in [0.5, 0.6) is 0 Å². The largest absolute Gasteiger partial charge is 0.272 e. The van der Waals surface area contributed by atoms with Crippen LogP contribution in [0.1, 0.15) is 11.1 Å². The topological polar surface area (TPSA) is 78.8 Å². The molecule has 8 heteroatoms. The zero-order valence-corrected chi connectivity index (χ0v) is 16.0. The van der Waals surface area contributed by atoms with Gasteiger partial charge in [-0.15, -0.1) is 0 Å². The van der Waals surface area contributed by atoms with Crippen molar-refractivity contribution in [1.82, 2.24) is 9.73 Å². The van der Waals surface area contributed by atoms with Crippen LogP contribution in [0.15, 0.2) is 64.2 Å². The predicted octanol–water partition coefficient (Wildman–Crippen LogP) is 2.36. The summed E-state index contributed by atoms with van der Waals surface area (Å²) in [6, 6.07) is 16.5. The van der Waals surface area contributed by atoms with Gasteiger partial charge >= 0.3 is 0 Å². The van der Waals surface area contributed by atoms with Gasteiger partial charge in [-0.25, -0.2) is 13.8 Å². The lowest BCUT2D eigenvalue weighted by molar-refractivity contribution is -0.121. The van der Waals surface area contributed by atoms with E-state index in [1.54, 1.807) is 12.1 Å². The van der Waals surface area contributed by atoms with Crippen molar-refractivity contribution in [1.29, 1.82) is 0 Å². The van der Waals surface area contributed by atoms with E-state index in [1.807, 2.05) is 42.5 Å². The second kappa shape index (κ2) is 8.89. The predicted molar refractivity (Wildman–Crippen MR) is 102 cm³/mol. The van der Waals surface area contributed by atoms with Crippen LogP contribution in [0.25, 0.3) is 0 Å². The molecule has 0 heterocycles. The summed E-state index contributed by atoms with van der Waals surface area (Å²) in [5, 5.41) is 3.87. The van der Waals surface area contributed by atoms with Crippen molar-refractivity contribution in [2.24, 2.45) is 5.10 Å². The molecule has 2 aromatic carbocycles. The minimum Gasteiger partial charge on any atom is -0.272 e. The highest BCUT2D eigenvalue weighted by Crippen LogP contribution is 2.13. The van der Waals surface area contributed by atoms with Gasteiger partial charge in [0.1, 0.15) is 0 Å². The smallest absolute Gasteiger partial charge is 0.255 e. The molecule has 0 saturated carbocycles. The fraction of sp³-hybridized carbons (Fsp3) is 0.176. The minimum atomic E-state index is -3.53. The molecule has 0 spiro atoms. The highest BCUT2D eigenvalue weighted by Gasteiger charge is 2.20. The van der Waals surface area contributed by atoms with Gasteiger partial charge in [0.15, 0.2) is 0 Å². The van der Waals surface area contributed by atoms with Crippen molar-refractivity contribution < 1.29 is 13.2 Å². The first kappa shape index (κ1) is 19.3. The maximum absolute atomic E-state index is 12.0. The van der Waals surface area contributed by atoms with Crippen LogP contribution in [0.4, 0.5) is 0 Å². The number of hydrazone groups is 1. The van der Waals surface area contributed by atoms with Gasteiger partial charge in [-0.1, -0.05) is 64.5 Å². The summed E-state index contributed by atoms with van der Waals surface area (Å²) in [6.07, 6.45) is 2.57. The first-order valence-electron chi connectivity index (χ1n) is 7.42. The number of carbonyl (C=O) groups excluding carboxylic acids is 1. The Labute approximate surface area is 155 Å². The molecule has 0 aliphatic carbocycles. The molecule has 0 aliphatic heterocycles. The minimum absolute atomic E-state index is 0.126. The molecular weight excluding hydrogens is 406 g/mol. The normalized spacial score (nSPS) is 11.8. The van der Waals surface area contributed by atoms with Crippen LogP contribution < -0.4 is 5.43 Å². The van der Waals surface area contributed by atoms with Crippen molar-refractivity contribution in [2.45, 2.75) is 6.54 Å². The average molecular weight is 424 g/mol. The maximum Gasteiger partial charge on any atom is 0.255 e. The number of nitrogens with zero attached hydrogens (tertiary/aromatic N) is 2. The summed E-state index contributed by atoms with van der Waals surface area (Å²) >= 11 is 3.38. The molecule has 132 valence electrons. The third kappa shape index (κ3) is 6.41. The van der Waals surface area contributed by atoms with Gasteiger partial charge in [0.25, 0.3) is 5.91 Å². The fourth-order valence-corrected chi connectivity index (χ4v) is 3.15. The summed E-state index contributed by atoms with van der Waals surface area (Å²) < 4.78 is 25.8. The number of halogens is 1. The van der Waals surface area contributed by atoms with Crippen molar-refractivity contribution in [3.8, 4) is 0 Å². The molecule has 0 aromatic heterocycles. The lowest BCUT2D eigenvalue weighted by Gasteiger charge is -2.18. The number of nitrogens with one attached hydrogen (secondary N) is 1. The Morgan fingerprint density at radius 2 is 1.80 bits per heavy atom. The quantitative estimate of drug-likeness (QED) is 0.548. The Bertz CT molecular complexity index is 854. The lowest BCUT2D eigenvalue weighted by atomic mass is 10.2. The molecule has 2 rings (SSSR count). The third-order valence-corrected chi connectivity index (χ3v) is 5.21. The molecule has 0 saturated heterocycles. The van der Waals surface area contributed by atoms with E-state index in [0.29, 0.717) is 0 Å². The van der Waals surface area contributed by atoms with Gasteiger partial charge in [-0.05, 0) is 11.6 Å². The molecule has 0 bridgehead atoms. The van der Waals surface area contributed by atoms with E-state index in [-0.39, 0.29) is 13.1 Å². The number of hydrogen-bond donors (Lipinski definition) is 1. The molecule has 1 N–H and O–H groups in total. The monoisotopic (exact) mass is 423 g/mol. The first-order valence-corrected chi connectivity index (χ1v) is 10.1.